The van der Waals surface area contributed by atoms with Crippen LogP contribution in [0.25, 0.3) is 0 Å². The summed E-state index contributed by atoms with van der Waals surface area (Å²) in [5.74, 6) is -0.898. The molecule has 2 N–H and O–H groups in total. The van der Waals surface area contributed by atoms with Crippen molar-refractivity contribution in [1.29, 1.82) is 0 Å². The van der Waals surface area contributed by atoms with Gasteiger partial charge in [-0.05, 0) is 12.8 Å². The quantitative estimate of drug-likeness (QED) is 0.387. The number of carbonyl (C=O) groups is 3. The molecule has 0 aromatic carbocycles. The van der Waals surface area contributed by atoms with E-state index in [0.29, 0.717) is 12.5 Å². The molecule has 0 aliphatic heterocycles. The zero-order chi connectivity index (χ0) is 15.4. The molecular formula is C13H22N2O5. The number of esters is 2. The van der Waals surface area contributed by atoms with E-state index in [1.54, 1.807) is 6.92 Å². The molecule has 0 aromatic rings. The molecule has 0 bridgehead atoms. The van der Waals surface area contributed by atoms with Crippen LogP contribution in [0.1, 0.15) is 20.8 Å². The van der Waals surface area contributed by atoms with Crippen LogP contribution >= 0.6 is 0 Å². The molecule has 0 fully saturated rings. The average molecular weight is 286 g/mol. The minimum Gasteiger partial charge on any atom is -0.463 e. The molecule has 0 atom stereocenters. The lowest BCUT2D eigenvalue weighted by Gasteiger charge is -2.09. The number of ether oxygens (including phenoxy) is 2. The van der Waals surface area contributed by atoms with Crippen molar-refractivity contribution in [2.75, 3.05) is 26.3 Å². The zero-order valence-corrected chi connectivity index (χ0v) is 12.1. The zero-order valence-electron chi connectivity index (χ0n) is 12.1. The highest BCUT2D eigenvalue weighted by Gasteiger charge is 2.02. The fourth-order valence-corrected chi connectivity index (χ4v) is 1.05. The van der Waals surface area contributed by atoms with Crippen LogP contribution in [0.15, 0.2) is 12.2 Å². The van der Waals surface area contributed by atoms with Gasteiger partial charge in [0.05, 0.1) is 13.2 Å². The van der Waals surface area contributed by atoms with Crippen LogP contribution < -0.4 is 10.6 Å². The molecule has 0 aromatic heterocycles. The summed E-state index contributed by atoms with van der Waals surface area (Å²) < 4.78 is 9.37. The van der Waals surface area contributed by atoms with Crippen LogP contribution in [0.5, 0.6) is 0 Å². The Hall–Kier alpha value is -2.05. The van der Waals surface area contributed by atoms with Gasteiger partial charge < -0.3 is 20.1 Å². The Balaban J connectivity index is 3.66. The van der Waals surface area contributed by atoms with Gasteiger partial charge in [0.15, 0.2) is 0 Å². The highest BCUT2D eigenvalue weighted by Crippen LogP contribution is 1.87. The third kappa shape index (κ3) is 11.1. The minimum absolute atomic E-state index is 0.0289. The van der Waals surface area contributed by atoms with E-state index in [1.807, 2.05) is 13.8 Å². The van der Waals surface area contributed by atoms with Crippen LogP contribution in [0.2, 0.25) is 0 Å². The number of rotatable bonds is 8. The Morgan fingerprint density at radius 2 is 1.65 bits per heavy atom. The number of carbonyl (C=O) groups excluding carboxylic acids is 3. The molecule has 0 aliphatic rings. The number of nitrogens with one attached hydrogen (secondary N) is 2. The monoisotopic (exact) mass is 286 g/mol. The highest BCUT2D eigenvalue weighted by molar-refractivity contribution is 5.91. The number of amides is 2. The molecule has 0 unspecified atom stereocenters. The Kier molecular flexibility index (Phi) is 9.72. The second kappa shape index (κ2) is 10.8. The van der Waals surface area contributed by atoms with Crippen molar-refractivity contribution in [2.45, 2.75) is 20.8 Å². The fourth-order valence-electron chi connectivity index (χ4n) is 1.05. The van der Waals surface area contributed by atoms with Gasteiger partial charge in [-0.3, -0.25) is 0 Å². The normalized spacial score (nSPS) is 10.4. The third-order valence-corrected chi connectivity index (χ3v) is 1.94. The largest absolute Gasteiger partial charge is 0.463 e. The van der Waals surface area contributed by atoms with E-state index < -0.39 is 11.9 Å². The number of hydrogen-bond acceptors (Lipinski definition) is 5. The Labute approximate surface area is 118 Å². The molecule has 0 radical (unpaired) electrons. The first-order chi connectivity index (χ1) is 9.45. The van der Waals surface area contributed by atoms with E-state index >= 15 is 0 Å². The first-order valence-corrected chi connectivity index (χ1v) is 6.49. The lowest BCUT2D eigenvalue weighted by atomic mass is 10.2. The predicted molar refractivity (Wildman–Crippen MR) is 73.0 cm³/mol. The lowest BCUT2D eigenvalue weighted by molar-refractivity contribution is -0.140. The van der Waals surface area contributed by atoms with Crippen LogP contribution in [-0.4, -0.2) is 44.3 Å². The van der Waals surface area contributed by atoms with Crippen molar-refractivity contribution in [1.82, 2.24) is 10.6 Å². The van der Waals surface area contributed by atoms with Crippen molar-refractivity contribution in [3.05, 3.63) is 12.2 Å². The van der Waals surface area contributed by atoms with E-state index in [9.17, 15) is 14.4 Å². The predicted octanol–water partition coefficient (Wildman–Crippen LogP) is 0.604. The average Bonchev–Trinajstić information content (AvgIpc) is 2.39. The Bertz CT molecular complexity index is 353. The molecule has 114 valence electrons. The van der Waals surface area contributed by atoms with Gasteiger partial charge in [0, 0.05) is 18.7 Å². The highest BCUT2D eigenvalue weighted by atomic mass is 16.5. The smallest absolute Gasteiger partial charge is 0.331 e. The van der Waals surface area contributed by atoms with E-state index in [2.05, 4.69) is 15.4 Å². The topological polar surface area (TPSA) is 93.7 Å². The van der Waals surface area contributed by atoms with Crippen molar-refractivity contribution in [3.63, 3.8) is 0 Å². The maximum absolute atomic E-state index is 11.2. The van der Waals surface area contributed by atoms with E-state index in [0.717, 1.165) is 12.2 Å². The molecule has 7 heteroatoms. The molecule has 0 saturated heterocycles. The summed E-state index contributed by atoms with van der Waals surface area (Å²) in [6, 6.07) is -0.309. The van der Waals surface area contributed by atoms with Crippen molar-refractivity contribution in [3.8, 4) is 0 Å². The van der Waals surface area contributed by atoms with Gasteiger partial charge in [-0.15, -0.1) is 0 Å². The summed E-state index contributed by atoms with van der Waals surface area (Å²) in [6.45, 7) is 6.68. The molecule has 7 nitrogen and oxygen atoms in total. The van der Waals surface area contributed by atoms with Crippen molar-refractivity contribution < 1.29 is 23.9 Å². The van der Waals surface area contributed by atoms with Crippen LogP contribution in [0.3, 0.4) is 0 Å². The third-order valence-electron chi connectivity index (χ3n) is 1.94. The summed E-state index contributed by atoms with van der Waals surface area (Å²) in [7, 11) is 0. The lowest BCUT2D eigenvalue weighted by Crippen LogP contribution is -2.39. The van der Waals surface area contributed by atoms with E-state index in [1.165, 1.54) is 0 Å². The number of urea groups is 1. The van der Waals surface area contributed by atoms with Gasteiger partial charge in [-0.25, -0.2) is 14.4 Å². The molecule has 0 aliphatic carbocycles. The van der Waals surface area contributed by atoms with Crippen LogP contribution in [0, 0.1) is 5.92 Å². The number of hydrogen-bond donors (Lipinski definition) is 2. The van der Waals surface area contributed by atoms with Crippen molar-refractivity contribution in [2.24, 2.45) is 5.92 Å². The Morgan fingerprint density at radius 1 is 1.05 bits per heavy atom. The molecule has 0 saturated carbocycles. The molecule has 2 amide bonds. The minimum atomic E-state index is -0.664. The van der Waals surface area contributed by atoms with Crippen LogP contribution in [-0.2, 0) is 19.1 Å². The van der Waals surface area contributed by atoms with Gasteiger partial charge in [0.1, 0.15) is 6.61 Å². The summed E-state index contributed by atoms with van der Waals surface area (Å²) in [5, 5.41) is 5.19. The maximum atomic E-state index is 11.2. The molecular weight excluding hydrogens is 264 g/mol. The van der Waals surface area contributed by atoms with Crippen LogP contribution in [0.4, 0.5) is 4.79 Å². The van der Waals surface area contributed by atoms with Gasteiger partial charge in [0.25, 0.3) is 0 Å². The van der Waals surface area contributed by atoms with Crippen molar-refractivity contribution >= 4 is 18.0 Å². The molecule has 0 heterocycles. The summed E-state index contributed by atoms with van der Waals surface area (Å²) in [5.41, 5.74) is 0. The maximum Gasteiger partial charge on any atom is 0.331 e. The van der Waals surface area contributed by atoms with E-state index in [-0.39, 0.29) is 25.8 Å². The summed E-state index contributed by atoms with van der Waals surface area (Å²) in [6.07, 6.45) is 1.98. The fraction of sp³-hybridized carbons (Fsp3) is 0.615. The summed E-state index contributed by atoms with van der Waals surface area (Å²) in [4.78, 5) is 33.3. The van der Waals surface area contributed by atoms with E-state index in [4.69, 9.17) is 4.74 Å². The van der Waals surface area contributed by atoms with Gasteiger partial charge in [-0.2, -0.15) is 0 Å². The SMILES string of the molecule is CCOC(=O)/C=C/C(=O)OCCNC(=O)NCC(C)C. The second-order valence-corrected chi connectivity index (χ2v) is 4.28. The second-order valence-electron chi connectivity index (χ2n) is 4.28. The first kappa shape index (κ1) is 17.9. The standard InChI is InChI=1S/C13H22N2O5/c1-4-19-11(16)5-6-12(17)20-8-7-14-13(18)15-9-10(2)3/h5-6,10H,4,7-9H2,1-3H3,(H2,14,15,18)/b6-5+. The van der Waals surface area contributed by atoms with Gasteiger partial charge in [-0.1, -0.05) is 13.8 Å². The molecule has 0 rings (SSSR count). The Morgan fingerprint density at radius 3 is 2.20 bits per heavy atom. The first-order valence-electron chi connectivity index (χ1n) is 6.49. The molecule has 0 spiro atoms. The summed E-state index contributed by atoms with van der Waals surface area (Å²) >= 11 is 0. The van der Waals surface area contributed by atoms with Gasteiger partial charge in [0.2, 0.25) is 0 Å². The molecule has 20 heavy (non-hydrogen) atoms. The van der Waals surface area contributed by atoms with Gasteiger partial charge >= 0.3 is 18.0 Å².